The molecule has 2 atom stereocenters. The second-order valence-electron chi connectivity index (χ2n) is 5.24. The first-order chi connectivity index (χ1) is 10.2. The lowest BCUT2D eigenvalue weighted by atomic mass is 10.0. The Hall–Kier alpha value is -2.08. The Labute approximate surface area is 133 Å². The minimum absolute atomic E-state index is 0.215. The summed E-state index contributed by atoms with van der Waals surface area (Å²) in [6.07, 6.45) is 0. The molecule has 120 valence electrons. The molecule has 1 rings (SSSR count). The summed E-state index contributed by atoms with van der Waals surface area (Å²) in [7, 11) is 0. The average molecular weight is 327 g/mol. The van der Waals surface area contributed by atoms with Gasteiger partial charge in [-0.1, -0.05) is 37.6 Å². The maximum Gasteiger partial charge on any atom is 0.325 e. The third-order valence-corrected chi connectivity index (χ3v) is 3.41. The van der Waals surface area contributed by atoms with Crippen LogP contribution in [0.2, 0.25) is 5.02 Å². The van der Waals surface area contributed by atoms with E-state index >= 15 is 0 Å². The zero-order valence-electron chi connectivity index (χ0n) is 12.6. The number of carbonyl (C=O) groups is 3. The van der Waals surface area contributed by atoms with Gasteiger partial charge in [0.15, 0.2) is 0 Å². The highest BCUT2D eigenvalue weighted by atomic mass is 35.5. The van der Waals surface area contributed by atoms with Crippen molar-refractivity contribution in [3.8, 4) is 0 Å². The summed E-state index contributed by atoms with van der Waals surface area (Å²) in [6.45, 7) is 4.86. The number of amides is 2. The Balaban J connectivity index is 2.84. The molecule has 6 nitrogen and oxygen atoms in total. The number of aliphatic carboxylic acids is 1. The minimum Gasteiger partial charge on any atom is -0.480 e. The van der Waals surface area contributed by atoms with E-state index in [0.717, 1.165) is 0 Å². The number of halogens is 1. The van der Waals surface area contributed by atoms with Crippen LogP contribution in [0, 0.1) is 5.92 Å². The van der Waals surface area contributed by atoms with Gasteiger partial charge in [0, 0.05) is 0 Å². The Bertz CT molecular complexity index is 574. The molecular weight excluding hydrogens is 308 g/mol. The Morgan fingerprint density at radius 2 is 1.68 bits per heavy atom. The topological polar surface area (TPSA) is 95.5 Å². The smallest absolute Gasteiger partial charge is 0.325 e. The third kappa shape index (κ3) is 4.73. The molecule has 7 heteroatoms. The molecule has 0 aliphatic heterocycles. The molecule has 1 unspecified atom stereocenters. The van der Waals surface area contributed by atoms with Gasteiger partial charge < -0.3 is 15.7 Å². The molecule has 0 saturated heterocycles. The van der Waals surface area contributed by atoms with Crippen LogP contribution in [-0.2, 0) is 9.59 Å². The maximum absolute atomic E-state index is 12.2. The normalized spacial score (nSPS) is 13.3. The van der Waals surface area contributed by atoms with Crippen molar-refractivity contribution >= 4 is 29.4 Å². The van der Waals surface area contributed by atoms with E-state index in [2.05, 4.69) is 10.6 Å². The fraction of sp³-hybridized carbons (Fsp3) is 0.400. The average Bonchev–Trinajstić information content (AvgIpc) is 2.44. The highest BCUT2D eigenvalue weighted by Gasteiger charge is 2.27. The summed E-state index contributed by atoms with van der Waals surface area (Å²) in [6, 6.07) is 4.59. The van der Waals surface area contributed by atoms with Gasteiger partial charge in [0.2, 0.25) is 5.91 Å². The van der Waals surface area contributed by atoms with E-state index in [-0.39, 0.29) is 16.5 Å². The third-order valence-electron chi connectivity index (χ3n) is 3.08. The highest BCUT2D eigenvalue weighted by molar-refractivity contribution is 6.33. The lowest BCUT2D eigenvalue weighted by molar-refractivity contribution is -0.141. The predicted octanol–water partition coefficient (Wildman–Crippen LogP) is 1.68. The number of carbonyl (C=O) groups excluding carboxylic acids is 2. The molecule has 0 aliphatic rings. The van der Waals surface area contributed by atoms with Crippen LogP contribution < -0.4 is 10.6 Å². The molecule has 2 amide bonds. The number of rotatable bonds is 6. The fourth-order valence-electron chi connectivity index (χ4n) is 1.76. The van der Waals surface area contributed by atoms with Crippen LogP contribution in [0.1, 0.15) is 31.1 Å². The van der Waals surface area contributed by atoms with E-state index in [1.165, 1.54) is 6.92 Å². The first-order valence-electron chi connectivity index (χ1n) is 6.82. The molecule has 0 aliphatic carbocycles. The van der Waals surface area contributed by atoms with E-state index in [1.807, 2.05) is 0 Å². The van der Waals surface area contributed by atoms with Crippen LogP contribution in [0.25, 0.3) is 0 Å². The van der Waals surface area contributed by atoms with Gasteiger partial charge in [0.05, 0.1) is 10.6 Å². The SMILES string of the molecule is CC(C)C(NC(=O)c1ccccc1Cl)C(=O)N[C@H](C)C(=O)O. The van der Waals surface area contributed by atoms with Gasteiger partial charge >= 0.3 is 5.97 Å². The standard InChI is InChI=1S/C15H19ClN2O4/c1-8(2)12(14(20)17-9(3)15(21)22)18-13(19)10-6-4-5-7-11(10)16/h4-9,12H,1-3H3,(H,17,20)(H,18,19)(H,21,22)/t9-,12?/m1/s1. The summed E-state index contributed by atoms with van der Waals surface area (Å²) in [5.74, 6) is -2.39. The number of hydrogen-bond acceptors (Lipinski definition) is 3. The summed E-state index contributed by atoms with van der Waals surface area (Å²) >= 11 is 5.95. The molecule has 0 saturated carbocycles. The van der Waals surface area contributed by atoms with Crippen molar-refractivity contribution in [3.63, 3.8) is 0 Å². The van der Waals surface area contributed by atoms with Crippen LogP contribution in [0.3, 0.4) is 0 Å². The molecular formula is C15H19ClN2O4. The monoisotopic (exact) mass is 326 g/mol. The maximum atomic E-state index is 12.2. The number of hydrogen-bond donors (Lipinski definition) is 3. The molecule has 22 heavy (non-hydrogen) atoms. The molecule has 1 aromatic carbocycles. The summed E-state index contributed by atoms with van der Waals surface area (Å²) in [4.78, 5) is 35.1. The lowest BCUT2D eigenvalue weighted by Gasteiger charge is -2.23. The van der Waals surface area contributed by atoms with E-state index in [4.69, 9.17) is 16.7 Å². The Kier molecular flexibility index (Phi) is 6.37. The van der Waals surface area contributed by atoms with Gasteiger partial charge in [0.1, 0.15) is 12.1 Å². The van der Waals surface area contributed by atoms with Gasteiger partial charge in [-0.05, 0) is 25.0 Å². The fourth-order valence-corrected chi connectivity index (χ4v) is 1.99. The number of nitrogens with one attached hydrogen (secondary N) is 2. The molecule has 0 aromatic heterocycles. The molecule has 3 N–H and O–H groups in total. The molecule has 1 aromatic rings. The second-order valence-corrected chi connectivity index (χ2v) is 5.65. The largest absolute Gasteiger partial charge is 0.480 e. The van der Waals surface area contributed by atoms with Crippen LogP contribution in [0.15, 0.2) is 24.3 Å². The van der Waals surface area contributed by atoms with Crippen molar-refractivity contribution in [3.05, 3.63) is 34.9 Å². The first-order valence-corrected chi connectivity index (χ1v) is 7.20. The van der Waals surface area contributed by atoms with Gasteiger partial charge in [-0.3, -0.25) is 14.4 Å². The lowest BCUT2D eigenvalue weighted by Crippen LogP contribution is -2.53. The van der Waals surface area contributed by atoms with E-state index in [9.17, 15) is 14.4 Å². The first kappa shape index (κ1) is 18.0. The van der Waals surface area contributed by atoms with Crippen LogP contribution >= 0.6 is 11.6 Å². The van der Waals surface area contributed by atoms with Gasteiger partial charge in [0.25, 0.3) is 5.91 Å². The van der Waals surface area contributed by atoms with Crippen molar-refractivity contribution < 1.29 is 19.5 Å². The molecule has 0 radical (unpaired) electrons. The van der Waals surface area contributed by atoms with E-state index < -0.39 is 29.9 Å². The quantitative estimate of drug-likeness (QED) is 0.741. The zero-order valence-corrected chi connectivity index (χ0v) is 13.3. The van der Waals surface area contributed by atoms with Gasteiger partial charge in [-0.25, -0.2) is 0 Å². The van der Waals surface area contributed by atoms with Crippen molar-refractivity contribution in [2.75, 3.05) is 0 Å². The van der Waals surface area contributed by atoms with Crippen molar-refractivity contribution in [2.24, 2.45) is 5.92 Å². The van der Waals surface area contributed by atoms with Crippen LogP contribution in [0.4, 0.5) is 0 Å². The number of carboxylic acid groups (broad SMARTS) is 1. The number of carboxylic acids is 1. The van der Waals surface area contributed by atoms with Crippen molar-refractivity contribution in [1.29, 1.82) is 0 Å². The zero-order chi connectivity index (χ0) is 16.9. The van der Waals surface area contributed by atoms with Crippen molar-refractivity contribution in [2.45, 2.75) is 32.9 Å². The second kappa shape index (κ2) is 7.79. The summed E-state index contributed by atoms with van der Waals surface area (Å²) < 4.78 is 0. The number of benzene rings is 1. The highest BCUT2D eigenvalue weighted by Crippen LogP contribution is 2.15. The minimum atomic E-state index is -1.15. The van der Waals surface area contributed by atoms with E-state index in [0.29, 0.717) is 0 Å². The molecule has 0 fully saturated rings. The Morgan fingerprint density at radius 1 is 1.09 bits per heavy atom. The Morgan fingerprint density at radius 3 is 2.18 bits per heavy atom. The summed E-state index contributed by atoms with van der Waals surface area (Å²) in [5, 5.41) is 14.0. The molecule has 0 heterocycles. The van der Waals surface area contributed by atoms with Crippen LogP contribution in [-0.4, -0.2) is 35.0 Å². The van der Waals surface area contributed by atoms with Gasteiger partial charge in [-0.2, -0.15) is 0 Å². The predicted molar refractivity (Wildman–Crippen MR) is 82.8 cm³/mol. The van der Waals surface area contributed by atoms with Crippen LogP contribution in [0.5, 0.6) is 0 Å². The molecule has 0 bridgehead atoms. The van der Waals surface area contributed by atoms with Gasteiger partial charge in [-0.15, -0.1) is 0 Å². The van der Waals surface area contributed by atoms with E-state index in [1.54, 1.807) is 38.1 Å². The summed E-state index contributed by atoms with van der Waals surface area (Å²) in [5.41, 5.74) is 0.258. The molecule has 0 spiro atoms. The van der Waals surface area contributed by atoms with Crippen molar-refractivity contribution in [1.82, 2.24) is 10.6 Å².